The van der Waals surface area contributed by atoms with Crippen LogP contribution in [0, 0.1) is 6.92 Å². The molecule has 7 nitrogen and oxygen atoms in total. The molecule has 0 radical (unpaired) electrons. The molecule has 0 unspecified atom stereocenters. The summed E-state index contributed by atoms with van der Waals surface area (Å²) in [5.41, 5.74) is 3.18. The lowest BCUT2D eigenvalue weighted by molar-refractivity contribution is 0.170. The minimum atomic E-state index is 0.223. The van der Waals surface area contributed by atoms with Gasteiger partial charge in [0.15, 0.2) is 11.5 Å². The van der Waals surface area contributed by atoms with E-state index in [-0.39, 0.29) is 6.10 Å². The van der Waals surface area contributed by atoms with Crippen LogP contribution in [-0.2, 0) is 6.42 Å². The number of rotatable bonds is 3. The first-order valence-electron chi connectivity index (χ1n) is 9.11. The second-order valence-electron chi connectivity index (χ2n) is 6.93. The van der Waals surface area contributed by atoms with E-state index in [1.165, 1.54) is 11.9 Å². The molecular weight excluding hydrogens is 330 g/mol. The van der Waals surface area contributed by atoms with Crippen LogP contribution >= 0.6 is 0 Å². The van der Waals surface area contributed by atoms with Crippen molar-refractivity contribution in [2.45, 2.75) is 32.3 Å². The summed E-state index contributed by atoms with van der Waals surface area (Å²) in [6, 6.07) is 8.24. The predicted octanol–water partition coefficient (Wildman–Crippen LogP) is 2.42. The van der Waals surface area contributed by atoms with Crippen LogP contribution < -0.4 is 14.4 Å². The van der Waals surface area contributed by atoms with E-state index in [0.717, 1.165) is 67.5 Å². The standard InChI is InChI=1S/C19H21N5O2/c1-13-10-18-20-12-21-24(18)22-19(13)23-7-4-15(5-8-23)26-16-3-2-14-6-9-25-17(14)11-16/h2-3,10-12,15H,4-9H2,1H3. The molecule has 1 saturated heterocycles. The smallest absolute Gasteiger partial charge is 0.176 e. The molecule has 0 bridgehead atoms. The summed E-state index contributed by atoms with van der Waals surface area (Å²) in [5.74, 6) is 2.86. The van der Waals surface area contributed by atoms with Gasteiger partial charge in [-0.1, -0.05) is 6.07 Å². The van der Waals surface area contributed by atoms with Gasteiger partial charge in [-0.25, -0.2) is 4.98 Å². The minimum Gasteiger partial charge on any atom is -0.493 e. The summed E-state index contributed by atoms with van der Waals surface area (Å²) < 4.78 is 13.4. The zero-order valence-electron chi connectivity index (χ0n) is 14.8. The predicted molar refractivity (Wildman–Crippen MR) is 97.0 cm³/mol. The molecule has 2 aliphatic heterocycles. The third-order valence-electron chi connectivity index (χ3n) is 5.16. The molecule has 134 valence electrons. The van der Waals surface area contributed by atoms with E-state index >= 15 is 0 Å². The highest BCUT2D eigenvalue weighted by molar-refractivity contribution is 5.52. The van der Waals surface area contributed by atoms with E-state index in [1.807, 2.05) is 12.1 Å². The molecule has 0 atom stereocenters. The largest absolute Gasteiger partial charge is 0.493 e. The van der Waals surface area contributed by atoms with E-state index < -0.39 is 0 Å². The van der Waals surface area contributed by atoms with Gasteiger partial charge >= 0.3 is 0 Å². The number of hydrogen-bond donors (Lipinski definition) is 0. The van der Waals surface area contributed by atoms with Gasteiger partial charge in [-0.15, -0.1) is 14.8 Å². The van der Waals surface area contributed by atoms with Gasteiger partial charge in [-0.3, -0.25) is 0 Å². The van der Waals surface area contributed by atoms with Crippen LogP contribution in [0.1, 0.15) is 24.0 Å². The summed E-state index contributed by atoms with van der Waals surface area (Å²) in [6.45, 7) is 4.68. The number of aromatic nitrogens is 4. The third kappa shape index (κ3) is 2.73. The van der Waals surface area contributed by atoms with Crippen molar-refractivity contribution in [2.75, 3.05) is 24.6 Å². The summed E-state index contributed by atoms with van der Waals surface area (Å²) in [5, 5.41) is 8.76. The van der Waals surface area contributed by atoms with Crippen molar-refractivity contribution in [2.24, 2.45) is 0 Å². The summed E-state index contributed by atoms with van der Waals surface area (Å²) >= 11 is 0. The Hall–Kier alpha value is -2.83. The topological polar surface area (TPSA) is 64.8 Å². The van der Waals surface area contributed by atoms with Gasteiger partial charge in [0.05, 0.1) is 6.61 Å². The Kier molecular flexibility index (Phi) is 3.65. The van der Waals surface area contributed by atoms with Crippen LogP contribution in [0.5, 0.6) is 11.5 Å². The summed E-state index contributed by atoms with van der Waals surface area (Å²) in [7, 11) is 0. The lowest BCUT2D eigenvalue weighted by Crippen LogP contribution is -2.39. The SMILES string of the molecule is Cc1cc2ncnn2nc1N1CCC(Oc2ccc3c(c2)OCC3)CC1. The van der Waals surface area contributed by atoms with E-state index in [4.69, 9.17) is 9.47 Å². The van der Waals surface area contributed by atoms with Crippen LogP contribution in [-0.4, -0.2) is 45.6 Å². The Morgan fingerprint density at radius 2 is 2.08 bits per heavy atom. The van der Waals surface area contributed by atoms with E-state index in [9.17, 15) is 0 Å². The van der Waals surface area contributed by atoms with Crippen LogP contribution in [0.25, 0.3) is 5.65 Å². The fourth-order valence-corrected chi connectivity index (χ4v) is 3.75. The molecule has 2 aromatic heterocycles. The Balaban J connectivity index is 1.26. The zero-order chi connectivity index (χ0) is 17.5. The van der Waals surface area contributed by atoms with Crippen LogP contribution in [0.2, 0.25) is 0 Å². The maximum Gasteiger partial charge on any atom is 0.176 e. The van der Waals surface area contributed by atoms with E-state index in [2.05, 4.69) is 39.1 Å². The van der Waals surface area contributed by atoms with Crippen molar-refractivity contribution < 1.29 is 9.47 Å². The lowest BCUT2D eigenvalue weighted by Gasteiger charge is -2.33. The van der Waals surface area contributed by atoms with Crippen LogP contribution in [0.15, 0.2) is 30.6 Å². The molecule has 1 aromatic carbocycles. The molecule has 4 heterocycles. The molecule has 0 amide bonds. The number of piperidine rings is 1. The number of anilines is 1. The van der Waals surface area contributed by atoms with Crippen molar-refractivity contribution >= 4 is 11.5 Å². The number of nitrogens with zero attached hydrogens (tertiary/aromatic N) is 5. The van der Waals surface area contributed by atoms with Gasteiger partial charge < -0.3 is 14.4 Å². The number of ether oxygens (including phenoxy) is 2. The molecule has 1 fully saturated rings. The van der Waals surface area contributed by atoms with E-state index in [1.54, 1.807) is 4.63 Å². The van der Waals surface area contributed by atoms with Gasteiger partial charge in [0.1, 0.15) is 23.9 Å². The van der Waals surface area contributed by atoms with Gasteiger partial charge in [0, 0.05) is 38.4 Å². The second-order valence-corrected chi connectivity index (χ2v) is 6.93. The Morgan fingerprint density at radius 1 is 1.19 bits per heavy atom. The van der Waals surface area contributed by atoms with Crippen molar-refractivity contribution in [3.8, 4) is 11.5 Å². The average Bonchev–Trinajstić information content (AvgIpc) is 3.30. The molecule has 3 aromatic rings. The molecule has 2 aliphatic rings. The summed E-state index contributed by atoms with van der Waals surface area (Å²) in [4.78, 5) is 6.50. The zero-order valence-corrected chi connectivity index (χ0v) is 14.8. The Labute approximate surface area is 151 Å². The average molecular weight is 351 g/mol. The number of aryl methyl sites for hydroxylation is 1. The molecule has 5 rings (SSSR count). The maximum absolute atomic E-state index is 6.20. The normalized spacial score (nSPS) is 17.3. The Bertz CT molecular complexity index is 946. The van der Waals surface area contributed by atoms with Crippen molar-refractivity contribution in [3.05, 3.63) is 41.7 Å². The fraction of sp³-hybridized carbons (Fsp3) is 0.421. The maximum atomic E-state index is 6.20. The van der Waals surface area contributed by atoms with Gasteiger partial charge in [-0.2, -0.15) is 0 Å². The first kappa shape index (κ1) is 15.4. The molecule has 7 heteroatoms. The highest BCUT2D eigenvalue weighted by Gasteiger charge is 2.24. The Morgan fingerprint density at radius 3 is 2.96 bits per heavy atom. The number of fused-ring (bicyclic) bond motifs is 2. The highest BCUT2D eigenvalue weighted by Crippen LogP contribution is 2.31. The minimum absolute atomic E-state index is 0.223. The number of hydrogen-bond acceptors (Lipinski definition) is 6. The first-order chi connectivity index (χ1) is 12.8. The van der Waals surface area contributed by atoms with Gasteiger partial charge in [0.25, 0.3) is 0 Å². The lowest BCUT2D eigenvalue weighted by atomic mass is 10.1. The highest BCUT2D eigenvalue weighted by atomic mass is 16.5. The molecule has 26 heavy (non-hydrogen) atoms. The van der Waals surface area contributed by atoms with Crippen molar-refractivity contribution in [1.29, 1.82) is 0 Å². The fourth-order valence-electron chi connectivity index (χ4n) is 3.75. The molecular formula is C19H21N5O2. The molecule has 0 spiro atoms. The van der Waals surface area contributed by atoms with Crippen LogP contribution in [0.3, 0.4) is 0 Å². The van der Waals surface area contributed by atoms with Gasteiger partial charge in [-0.05, 0) is 30.2 Å². The first-order valence-corrected chi connectivity index (χ1v) is 9.11. The molecule has 0 N–H and O–H groups in total. The monoisotopic (exact) mass is 351 g/mol. The van der Waals surface area contributed by atoms with Crippen molar-refractivity contribution in [1.82, 2.24) is 19.8 Å². The van der Waals surface area contributed by atoms with Crippen LogP contribution in [0.4, 0.5) is 5.82 Å². The van der Waals surface area contributed by atoms with Crippen molar-refractivity contribution in [3.63, 3.8) is 0 Å². The summed E-state index contributed by atoms with van der Waals surface area (Å²) in [6.07, 6.45) is 4.69. The molecule has 0 saturated carbocycles. The third-order valence-corrected chi connectivity index (χ3v) is 5.16. The van der Waals surface area contributed by atoms with E-state index in [0.29, 0.717) is 0 Å². The van der Waals surface area contributed by atoms with Gasteiger partial charge in [0.2, 0.25) is 0 Å². The second kappa shape index (κ2) is 6.16. The number of benzene rings is 1. The molecule has 0 aliphatic carbocycles. The quantitative estimate of drug-likeness (QED) is 0.722.